The summed E-state index contributed by atoms with van der Waals surface area (Å²) in [6, 6.07) is 8.52. The number of nitrogens with zero attached hydrogens (tertiary/aromatic N) is 1. The third-order valence-corrected chi connectivity index (χ3v) is 2.25. The van der Waals surface area contributed by atoms with Crippen LogP contribution in [0.3, 0.4) is 0 Å². The topological polar surface area (TPSA) is 64.4 Å². The van der Waals surface area contributed by atoms with Gasteiger partial charge in [-0.15, -0.1) is 0 Å². The van der Waals surface area contributed by atoms with Gasteiger partial charge >= 0.3 is 0 Å². The van der Waals surface area contributed by atoms with Gasteiger partial charge in [0, 0.05) is 6.07 Å². The highest BCUT2D eigenvalue weighted by Crippen LogP contribution is 2.19. The number of carbonyl (C=O) groups excluding carboxylic acids is 1. The number of alkyl halides is 1. The molecule has 2 aromatic rings. The molecule has 88 valence electrons. The van der Waals surface area contributed by atoms with Crippen molar-refractivity contribution in [2.24, 2.45) is 0 Å². The maximum Gasteiger partial charge on any atom is 0.260 e. The first-order valence-electron chi connectivity index (χ1n) is 4.81. The van der Waals surface area contributed by atoms with Gasteiger partial charge in [0.25, 0.3) is 5.91 Å². The minimum Gasteiger partial charge on any atom is -0.482 e. The Morgan fingerprint density at radius 2 is 2.24 bits per heavy atom. The second-order valence-electron chi connectivity index (χ2n) is 3.09. The molecule has 2 rings (SSSR count). The molecular weight excluding hydrogens is 288 g/mol. The zero-order valence-corrected chi connectivity index (χ0v) is 10.3. The summed E-state index contributed by atoms with van der Waals surface area (Å²) in [5.74, 6) is 0.574. The van der Waals surface area contributed by atoms with E-state index in [2.05, 4.69) is 30.9 Å². The molecule has 1 amide bonds. The smallest absolute Gasteiger partial charge is 0.260 e. The van der Waals surface area contributed by atoms with Crippen LogP contribution >= 0.6 is 15.9 Å². The van der Waals surface area contributed by atoms with Gasteiger partial charge < -0.3 is 14.6 Å². The summed E-state index contributed by atoms with van der Waals surface area (Å²) >= 11 is 3.15. The van der Waals surface area contributed by atoms with Crippen molar-refractivity contribution in [2.75, 3.05) is 10.8 Å². The van der Waals surface area contributed by atoms with Crippen LogP contribution in [0.25, 0.3) is 0 Å². The highest BCUT2D eigenvalue weighted by Gasteiger charge is 2.12. The number of amides is 1. The van der Waals surface area contributed by atoms with Crippen molar-refractivity contribution in [1.29, 1.82) is 0 Å². The lowest BCUT2D eigenvalue weighted by Crippen LogP contribution is -2.13. The van der Waals surface area contributed by atoms with Crippen LogP contribution in [0.5, 0.6) is 5.75 Å². The van der Waals surface area contributed by atoms with Crippen LogP contribution in [-0.2, 0) is 0 Å². The Morgan fingerprint density at radius 1 is 1.41 bits per heavy atom. The van der Waals surface area contributed by atoms with Gasteiger partial charge in [0.1, 0.15) is 17.5 Å². The van der Waals surface area contributed by atoms with E-state index >= 15 is 0 Å². The third-order valence-electron chi connectivity index (χ3n) is 2.02. The third kappa shape index (κ3) is 2.85. The SMILES string of the molecule is O=C(Nc1ccon1)c1ccccc1OCBr. The molecule has 0 radical (unpaired) electrons. The maximum atomic E-state index is 11.9. The van der Waals surface area contributed by atoms with Gasteiger partial charge in [0.2, 0.25) is 0 Å². The van der Waals surface area contributed by atoms with E-state index in [0.717, 1.165) is 0 Å². The lowest BCUT2D eigenvalue weighted by atomic mass is 10.2. The van der Waals surface area contributed by atoms with Crippen molar-refractivity contribution in [3.8, 4) is 5.75 Å². The van der Waals surface area contributed by atoms with Crippen LogP contribution in [-0.4, -0.2) is 16.6 Å². The van der Waals surface area contributed by atoms with E-state index < -0.39 is 0 Å². The molecule has 0 bridgehead atoms. The Morgan fingerprint density at radius 3 is 2.94 bits per heavy atom. The van der Waals surface area contributed by atoms with Gasteiger partial charge in [-0.2, -0.15) is 0 Å². The van der Waals surface area contributed by atoms with Gasteiger partial charge in [-0.05, 0) is 28.1 Å². The first kappa shape index (κ1) is 11.7. The molecule has 0 saturated heterocycles. The number of ether oxygens (including phenoxy) is 1. The molecule has 0 spiro atoms. The lowest BCUT2D eigenvalue weighted by molar-refractivity contribution is 0.102. The minimum absolute atomic E-state index is 0.296. The molecule has 1 aromatic heterocycles. The van der Waals surface area contributed by atoms with Crippen molar-refractivity contribution in [3.05, 3.63) is 42.2 Å². The highest BCUT2D eigenvalue weighted by molar-refractivity contribution is 9.09. The number of halogens is 1. The normalized spacial score (nSPS) is 9.94. The molecule has 0 atom stereocenters. The van der Waals surface area contributed by atoms with Gasteiger partial charge in [-0.1, -0.05) is 17.3 Å². The number of benzene rings is 1. The number of rotatable bonds is 4. The van der Waals surface area contributed by atoms with Crippen molar-refractivity contribution in [3.63, 3.8) is 0 Å². The van der Waals surface area contributed by atoms with E-state index in [9.17, 15) is 4.79 Å². The van der Waals surface area contributed by atoms with Crippen molar-refractivity contribution < 1.29 is 14.1 Å². The Labute approximate surface area is 106 Å². The molecule has 0 aliphatic heterocycles. The molecule has 5 nitrogen and oxygen atoms in total. The summed E-state index contributed by atoms with van der Waals surface area (Å²) in [5, 5.41) is 6.20. The molecule has 17 heavy (non-hydrogen) atoms. The summed E-state index contributed by atoms with van der Waals surface area (Å²) in [5.41, 5.74) is 0.760. The van der Waals surface area contributed by atoms with Crippen LogP contribution in [0.15, 0.2) is 41.1 Å². The highest BCUT2D eigenvalue weighted by atomic mass is 79.9. The Bertz CT molecular complexity index is 499. The van der Waals surface area contributed by atoms with Crippen LogP contribution in [0.1, 0.15) is 10.4 Å². The Kier molecular flexibility index (Phi) is 3.77. The van der Waals surface area contributed by atoms with E-state index in [4.69, 9.17) is 4.74 Å². The van der Waals surface area contributed by atoms with Gasteiger partial charge in [-0.25, -0.2) is 0 Å². The van der Waals surface area contributed by atoms with E-state index in [-0.39, 0.29) is 5.91 Å². The standard InChI is InChI=1S/C11H9BrN2O3/c12-7-16-9-4-2-1-3-8(9)11(15)13-10-5-6-17-14-10/h1-6H,7H2,(H,13,14,15). The Balaban J connectivity index is 2.18. The summed E-state index contributed by atoms with van der Waals surface area (Å²) in [4.78, 5) is 11.9. The van der Waals surface area contributed by atoms with Crippen molar-refractivity contribution in [2.45, 2.75) is 0 Å². The van der Waals surface area contributed by atoms with Crippen LogP contribution in [0.4, 0.5) is 5.82 Å². The summed E-state index contributed by atoms with van der Waals surface area (Å²) in [6.07, 6.45) is 1.39. The predicted molar refractivity (Wildman–Crippen MR) is 65.3 cm³/mol. The number of hydrogen-bond acceptors (Lipinski definition) is 4. The molecule has 1 aromatic carbocycles. The number of aromatic nitrogens is 1. The fourth-order valence-electron chi connectivity index (χ4n) is 1.30. The first-order chi connectivity index (χ1) is 8.31. The molecular formula is C11H9BrN2O3. The summed E-state index contributed by atoms with van der Waals surface area (Å²) < 4.78 is 9.91. The number of nitrogens with one attached hydrogen (secondary N) is 1. The number of hydrogen-bond donors (Lipinski definition) is 1. The number of carbonyl (C=O) groups is 1. The second kappa shape index (κ2) is 5.49. The fourth-order valence-corrected chi connectivity index (χ4v) is 1.55. The van der Waals surface area contributed by atoms with E-state index in [1.807, 2.05) is 0 Å². The number of anilines is 1. The molecule has 0 fully saturated rings. The van der Waals surface area contributed by atoms with E-state index in [1.165, 1.54) is 6.26 Å². The summed E-state index contributed by atoms with van der Waals surface area (Å²) in [6.45, 7) is 0. The molecule has 0 unspecified atom stereocenters. The maximum absolute atomic E-state index is 11.9. The van der Waals surface area contributed by atoms with Crippen LogP contribution in [0, 0.1) is 0 Å². The van der Waals surface area contributed by atoms with Gasteiger partial charge in [0.05, 0.1) is 5.56 Å². The number of para-hydroxylation sites is 1. The average Bonchev–Trinajstić information content (AvgIpc) is 2.83. The minimum atomic E-state index is -0.296. The molecule has 6 heteroatoms. The van der Waals surface area contributed by atoms with Crippen LogP contribution in [0.2, 0.25) is 0 Å². The molecule has 0 saturated carbocycles. The van der Waals surface area contributed by atoms with Crippen LogP contribution < -0.4 is 10.1 Å². The Hall–Kier alpha value is -1.82. The molecule has 1 heterocycles. The zero-order chi connectivity index (χ0) is 12.1. The molecule has 0 aliphatic carbocycles. The van der Waals surface area contributed by atoms with Gasteiger partial charge in [0.15, 0.2) is 5.82 Å². The monoisotopic (exact) mass is 296 g/mol. The fraction of sp³-hybridized carbons (Fsp3) is 0.0909. The van der Waals surface area contributed by atoms with Crippen molar-refractivity contribution >= 4 is 27.7 Å². The second-order valence-corrected chi connectivity index (χ2v) is 3.55. The van der Waals surface area contributed by atoms with Crippen molar-refractivity contribution in [1.82, 2.24) is 5.16 Å². The zero-order valence-electron chi connectivity index (χ0n) is 8.72. The van der Waals surface area contributed by atoms with Gasteiger partial charge in [-0.3, -0.25) is 4.79 Å². The lowest BCUT2D eigenvalue weighted by Gasteiger charge is -2.08. The molecule has 0 aliphatic rings. The first-order valence-corrected chi connectivity index (χ1v) is 5.93. The quantitative estimate of drug-likeness (QED) is 0.881. The van der Waals surface area contributed by atoms with E-state index in [1.54, 1.807) is 30.3 Å². The largest absolute Gasteiger partial charge is 0.482 e. The average molecular weight is 297 g/mol. The van der Waals surface area contributed by atoms with E-state index in [0.29, 0.717) is 22.6 Å². The summed E-state index contributed by atoms with van der Waals surface area (Å²) in [7, 11) is 0. The molecule has 1 N–H and O–H groups in total. The predicted octanol–water partition coefficient (Wildman–Crippen LogP) is 2.66.